The normalized spacial score (nSPS) is 18.4. The van der Waals surface area contributed by atoms with Gasteiger partial charge < -0.3 is 19.5 Å². The molecule has 3 aromatic rings. The molecule has 5 rings (SSSR count). The van der Waals surface area contributed by atoms with E-state index in [0.717, 1.165) is 31.3 Å². The van der Waals surface area contributed by atoms with Crippen LogP contribution in [0.3, 0.4) is 0 Å². The second-order valence-electron chi connectivity index (χ2n) is 9.31. The number of aromatic nitrogens is 1. The molecule has 0 saturated carbocycles. The molecule has 0 amide bonds. The maximum Gasteiger partial charge on any atom is 0.416 e. The molecular formula is C26H26F4N4O3. The molecule has 0 N–H and O–H groups in total. The molecule has 0 aliphatic carbocycles. The lowest BCUT2D eigenvalue weighted by Gasteiger charge is -2.34. The summed E-state index contributed by atoms with van der Waals surface area (Å²) < 4.78 is 61.7. The van der Waals surface area contributed by atoms with Crippen molar-refractivity contribution in [1.29, 1.82) is 0 Å². The lowest BCUT2D eigenvalue weighted by molar-refractivity contribution is -0.137. The number of anilines is 1. The van der Waals surface area contributed by atoms with E-state index in [9.17, 15) is 22.8 Å². The van der Waals surface area contributed by atoms with Crippen molar-refractivity contribution in [1.82, 2.24) is 9.58 Å². The minimum atomic E-state index is -4.48. The fourth-order valence-electron chi connectivity index (χ4n) is 4.74. The molecular weight excluding hydrogens is 492 g/mol. The lowest BCUT2D eigenvalue weighted by atomic mass is 10.1. The summed E-state index contributed by atoms with van der Waals surface area (Å²) in [5.74, 6) is -1.42. The van der Waals surface area contributed by atoms with Crippen LogP contribution in [0.25, 0.3) is 10.9 Å². The molecule has 2 aromatic carbocycles. The van der Waals surface area contributed by atoms with Gasteiger partial charge >= 0.3 is 12.1 Å². The molecule has 2 saturated heterocycles. The number of nitrogens with zero attached hydrogens (tertiary/aromatic N) is 4. The van der Waals surface area contributed by atoms with Gasteiger partial charge in [-0.25, -0.2) is 9.18 Å². The largest absolute Gasteiger partial charge is 0.462 e. The van der Waals surface area contributed by atoms with Gasteiger partial charge in [-0.3, -0.25) is 9.47 Å². The summed E-state index contributed by atoms with van der Waals surface area (Å²) in [6.07, 6.45) is -3.15. The van der Waals surface area contributed by atoms with Crippen LogP contribution in [0.4, 0.5) is 23.2 Å². The minimum Gasteiger partial charge on any atom is -0.462 e. The lowest BCUT2D eigenvalue weighted by Crippen LogP contribution is -2.44. The Balaban J connectivity index is 1.61. The Morgan fingerprint density at radius 3 is 2.51 bits per heavy atom. The molecule has 7 nitrogen and oxygen atoms in total. The highest BCUT2D eigenvalue weighted by Crippen LogP contribution is 2.38. The Morgan fingerprint density at radius 1 is 1.11 bits per heavy atom. The second-order valence-corrected chi connectivity index (χ2v) is 9.31. The van der Waals surface area contributed by atoms with E-state index in [1.807, 2.05) is 11.9 Å². The third-order valence-corrected chi connectivity index (χ3v) is 6.85. The van der Waals surface area contributed by atoms with Crippen LogP contribution in [0.15, 0.2) is 47.4 Å². The first-order valence-corrected chi connectivity index (χ1v) is 12.0. The number of rotatable bonds is 5. The number of benzene rings is 2. The Labute approximate surface area is 210 Å². The third kappa shape index (κ3) is 4.75. The molecule has 2 aliphatic heterocycles. The van der Waals surface area contributed by atoms with Gasteiger partial charge in [-0.1, -0.05) is 12.1 Å². The predicted octanol–water partition coefficient (Wildman–Crippen LogP) is 3.78. The summed E-state index contributed by atoms with van der Waals surface area (Å²) in [6.45, 7) is 4.69. The first-order chi connectivity index (χ1) is 17.6. The number of pyridine rings is 1. The molecule has 196 valence electrons. The maximum atomic E-state index is 15.3. The Bertz CT molecular complexity index is 1410. The quantitative estimate of drug-likeness (QED) is 0.291. The van der Waals surface area contributed by atoms with Gasteiger partial charge in [0.05, 0.1) is 41.3 Å². The molecule has 0 bridgehead atoms. The first-order valence-electron chi connectivity index (χ1n) is 12.0. The number of fused-ring (bicyclic) bond motifs is 1. The van der Waals surface area contributed by atoms with Crippen molar-refractivity contribution < 1.29 is 27.1 Å². The van der Waals surface area contributed by atoms with E-state index in [1.165, 1.54) is 12.3 Å². The standard InChI is InChI=1S/C26H26F4N4O3/c1-3-37-25(36)19-14-33(34-15-23(34)16-5-4-6-17(11-16)26(28,29)30)21-13-22(20(27)12-18(21)24(19)35)32-9-7-31(2)8-10-32/h4-6,11-14,23H,3,7-10,15H2,1-2H3. The van der Waals surface area contributed by atoms with E-state index < -0.39 is 35.0 Å². The van der Waals surface area contributed by atoms with Crippen molar-refractivity contribution >= 4 is 22.6 Å². The Morgan fingerprint density at radius 2 is 1.84 bits per heavy atom. The van der Waals surface area contributed by atoms with Crippen molar-refractivity contribution in [2.24, 2.45) is 0 Å². The molecule has 2 aliphatic rings. The summed E-state index contributed by atoms with van der Waals surface area (Å²) >= 11 is 0. The van der Waals surface area contributed by atoms with Crippen molar-refractivity contribution in [3.05, 3.63) is 75.3 Å². The van der Waals surface area contributed by atoms with Crippen molar-refractivity contribution in [2.45, 2.75) is 19.1 Å². The average molecular weight is 519 g/mol. The molecule has 0 spiro atoms. The van der Waals surface area contributed by atoms with Gasteiger partial charge in [0.15, 0.2) is 0 Å². The topological polar surface area (TPSA) is 57.8 Å². The molecule has 11 heteroatoms. The fourth-order valence-corrected chi connectivity index (χ4v) is 4.74. The van der Waals surface area contributed by atoms with Gasteiger partial charge in [-0.2, -0.15) is 13.2 Å². The van der Waals surface area contributed by atoms with Gasteiger partial charge in [-0.05, 0) is 43.8 Å². The van der Waals surface area contributed by atoms with Gasteiger partial charge in [0.25, 0.3) is 0 Å². The molecule has 2 fully saturated rings. The smallest absolute Gasteiger partial charge is 0.416 e. The van der Waals surface area contributed by atoms with E-state index in [0.29, 0.717) is 36.4 Å². The number of halogens is 4. The van der Waals surface area contributed by atoms with E-state index in [-0.39, 0.29) is 17.6 Å². The summed E-state index contributed by atoms with van der Waals surface area (Å²) in [4.78, 5) is 29.8. The molecule has 1 unspecified atom stereocenters. The molecule has 0 radical (unpaired) electrons. The predicted molar refractivity (Wildman–Crippen MR) is 131 cm³/mol. The first kappa shape index (κ1) is 25.1. The van der Waals surface area contributed by atoms with Gasteiger partial charge in [0.1, 0.15) is 11.4 Å². The average Bonchev–Trinajstić information content (AvgIpc) is 3.65. The van der Waals surface area contributed by atoms with Crippen molar-refractivity contribution in [3.63, 3.8) is 0 Å². The van der Waals surface area contributed by atoms with Crippen LogP contribution in [-0.4, -0.2) is 61.9 Å². The van der Waals surface area contributed by atoms with Crippen LogP contribution in [-0.2, 0) is 10.9 Å². The number of carbonyl (C=O) groups excluding carboxylic acids is 1. The SMILES string of the molecule is CCOC(=O)c1cn(N2CC2c2cccc(C(F)(F)F)c2)c2cc(N3CCN(C)CC3)c(F)cc2c1=O. The Kier molecular flexibility index (Phi) is 6.35. The van der Waals surface area contributed by atoms with E-state index in [2.05, 4.69) is 4.90 Å². The van der Waals surface area contributed by atoms with Crippen molar-refractivity contribution in [2.75, 3.05) is 56.3 Å². The fraction of sp³-hybridized carbons (Fsp3) is 0.385. The van der Waals surface area contributed by atoms with Crippen LogP contribution in [0.5, 0.6) is 0 Å². The number of likely N-dealkylation sites (N-methyl/N-ethyl adjacent to an activating group) is 1. The highest BCUT2D eigenvalue weighted by Gasteiger charge is 2.39. The molecule has 3 heterocycles. The zero-order valence-corrected chi connectivity index (χ0v) is 20.4. The molecule has 1 aromatic heterocycles. The van der Waals surface area contributed by atoms with Crippen LogP contribution in [0.1, 0.15) is 34.5 Å². The zero-order chi connectivity index (χ0) is 26.5. The van der Waals surface area contributed by atoms with Gasteiger partial charge in [-0.15, -0.1) is 0 Å². The van der Waals surface area contributed by atoms with Crippen LogP contribution >= 0.6 is 0 Å². The zero-order valence-electron chi connectivity index (χ0n) is 20.4. The number of esters is 1. The highest BCUT2D eigenvalue weighted by atomic mass is 19.4. The maximum absolute atomic E-state index is 15.3. The minimum absolute atomic E-state index is 0.00405. The number of piperazine rings is 1. The van der Waals surface area contributed by atoms with Gasteiger partial charge in [0, 0.05) is 32.4 Å². The van der Waals surface area contributed by atoms with E-state index >= 15 is 4.39 Å². The second kappa shape index (κ2) is 9.37. The number of carbonyl (C=O) groups is 1. The van der Waals surface area contributed by atoms with Crippen LogP contribution < -0.4 is 15.3 Å². The van der Waals surface area contributed by atoms with Crippen molar-refractivity contribution in [3.8, 4) is 0 Å². The summed E-state index contributed by atoms with van der Waals surface area (Å²) in [5.41, 5.74) is -0.547. The summed E-state index contributed by atoms with van der Waals surface area (Å²) in [6, 6.07) is 7.35. The summed E-state index contributed by atoms with van der Waals surface area (Å²) in [5, 5.41) is 1.72. The Hall–Kier alpha value is -3.60. The number of hydrogen-bond acceptors (Lipinski definition) is 6. The molecule has 1 atom stereocenters. The number of hydrogen-bond donors (Lipinski definition) is 0. The van der Waals surface area contributed by atoms with E-state index in [4.69, 9.17) is 4.74 Å². The van der Waals surface area contributed by atoms with Crippen LogP contribution in [0, 0.1) is 5.82 Å². The monoisotopic (exact) mass is 518 g/mol. The third-order valence-electron chi connectivity index (χ3n) is 6.85. The number of alkyl halides is 3. The van der Waals surface area contributed by atoms with Gasteiger partial charge in [0.2, 0.25) is 5.43 Å². The number of ether oxygens (including phenoxy) is 1. The highest BCUT2D eigenvalue weighted by molar-refractivity contribution is 5.95. The van der Waals surface area contributed by atoms with E-state index in [1.54, 1.807) is 28.7 Å². The summed E-state index contributed by atoms with van der Waals surface area (Å²) in [7, 11) is 1.98. The molecule has 37 heavy (non-hydrogen) atoms. The van der Waals surface area contributed by atoms with Crippen LogP contribution in [0.2, 0.25) is 0 Å².